The summed E-state index contributed by atoms with van der Waals surface area (Å²) in [6.07, 6.45) is 0.818. The van der Waals surface area contributed by atoms with E-state index in [9.17, 15) is 9.90 Å². The summed E-state index contributed by atoms with van der Waals surface area (Å²) in [5.74, 6) is 0.173. The Hall–Kier alpha value is -1.01. The Bertz CT molecular complexity index is 827. The van der Waals surface area contributed by atoms with Gasteiger partial charge in [0, 0.05) is 12.6 Å². The van der Waals surface area contributed by atoms with Crippen LogP contribution in [-0.4, -0.2) is 49.0 Å². The summed E-state index contributed by atoms with van der Waals surface area (Å²) >= 11 is 0. The summed E-state index contributed by atoms with van der Waals surface area (Å²) in [5.41, 5.74) is 5.18. The molecule has 1 aliphatic heterocycles. The van der Waals surface area contributed by atoms with Gasteiger partial charge in [0.25, 0.3) is 0 Å². The zero-order valence-corrected chi connectivity index (χ0v) is 22.4. The molecular formula is C21H41N3O4Si2. The van der Waals surface area contributed by atoms with Crippen LogP contribution in [0.4, 0.5) is 5.82 Å². The topological polar surface area (TPSA) is 99.6 Å². The number of anilines is 1. The molecule has 1 saturated heterocycles. The maximum absolute atomic E-state index is 12.4. The van der Waals surface area contributed by atoms with Gasteiger partial charge in [-0.05, 0) is 29.2 Å². The van der Waals surface area contributed by atoms with Gasteiger partial charge >= 0.3 is 5.69 Å². The van der Waals surface area contributed by atoms with E-state index in [-0.39, 0.29) is 15.9 Å². The Labute approximate surface area is 183 Å². The van der Waals surface area contributed by atoms with Crippen LogP contribution in [0.5, 0.6) is 0 Å². The fourth-order valence-electron chi connectivity index (χ4n) is 3.54. The highest BCUT2D eigenvalue weighted by molar-refractivity contribution is 6.83. The van der Waals surface area contributed by atoms with Crippen molar-refractivity contribution in [2.24, 2.45) is 0 Å². The molecule has 0 bridgehead atoms. The molecule has 0 aromatic carbocycles. The van der Waals surface area contributed by atoms with Crippen LogP contribution in [0.2, 0.25) is 36.3 Å². The van der Waals surface area contributed by atoms with Crippen molar-refractivity contribution in [3.63, 3.8) is 0 Å². The van der Waals surface area contributed by atoms with Crippen LogP contribution >= 0.6 is 0 Å². The van der Waals surface area contributed by atoms with Crippen LogP contribution in [-0.2, 0) is 9.16 Å². The molecular weight excluding hydrogens is 414 g/mol. The Kier molecular flexibility index (Phi) is 6.60. The highest BCUT2D eigenvalue weighted by atomic mass is 28.4. The molecule has 2 rings (SSSR count). The van der Waals surface area contributed by atoms with Gasteiger partial charge in [-0.15, -0.1) is 0 Å². The molecule has 7 nitrogen and oxygen atoms in total. The van der Waals surface area contributed by atoms with Crippen molar-refractivity contribution in [2.45, 2.75) is 102 Å². The number of aromatic nitrogens is 2. The van der Waals surface area contributed by atoms with Crippen LogP contribution < -0.4 is 11.4 Å². The van der Waals surface area contributed by atoms with E-state index in [4.69, 9.17) is 14.9 Å². The van der Waals surface area contributed by atoms with E-state index in [0.29, 0.717) is 13.0 Å². The summed E-state index contributed by atoms with van der Waals surface area (Å²) in [6, 6.07) is 1.58. The fourth-order valence-corrected chi connectivity index (χ4v) is 7.48. The van der Waals surface area contributed by atoms with Crippen molar-refractivity contribution in [2.75, 3.05) is 12.3 Å². The van der Waals surface area contributed by atoms with E-state index < -0.39 is 39.6 Å². The molecule has 0 aliphatic carbocycles. The summed E-state index contributed by atoms with van der Waals surface area (Å²) < 4.78 is 14.2. The number of hydrogen-bond acceptors (Lipinski definition) is 6. The molecule has 0 radical (unpaired) electrons. The van der Waals surface area contributed by atoms with Crippen molar-refractivity contribution in [3.8, 4) is 0 Å². The van der Waals surface area contributed by atoms with Crippen molar-refractivity contribution >= 4 is 22.2 Å². The molecule has 2 heterocycles. The molecule has 1 aliphatic rings. The summed E-state index contributed by atoms with van der Waals surface area (Å²) in [6.45, 7) is 22.2. The lowest BCUT2D eigenvalue weighted by Gasteiger charge is -2.49. The normalized spacial score (nSPS) is 26.2. The molecule has 3 N–H and O–H groups in total. The van der Waals surface area contributed by atoms with Crippen molar-refractivity contribution in [1.82, 2.24) is 9.55 Å². The molecule has 1 aromatic rings. The molecule has 172 valence electrons. The lowest BCUT2D eigenvalue weighted by molar-refractivity contribution is -0.0569. The molecule has 0 amide bonds. The van der Waals surface area contributed by atoms with E-state index in [2.05, 4.69) is 72.7 Å². The second kappa shape index (κ2) is 7.84. The standard InChI is InChI=1S/C21H41N3O4Si2/c1-19(2,3)29(7,8)21(26)13-17(24-12-11-16(22)23-18(24)25)28-15(21)14-27-30(9,10)20(4,5)6/h11-12,15,17,26H,13-14H2,1-10H3,(H2,22,23,25)/t15-,17-,21-/m1/s1. The molecule has 0 unspecified atom stereocenters. The first-order chi connectivity index (χ1) is 13.3. The number of nitrogens with zero attached hydrogens (tertiary/aromatic N) is 2. The van der Waals surface area contributed by atoms with Crippen molar-refractivity contribution in [3.05, 3.63) is 22.7 Å². The summed E-state index contributed by atoms with van der Waals surface area (Å²) in [7, 11) is -4.33. The Morgan fingerprint density at radius 1 is 1.23 bits per heavy atom. The highest BCUT2D eigenvalue weighted by Crippen LogP contribution is 2.51. The molecule has 3 atom stereocenters. The smallest absolute Gasteiger partial charge is 0.351 e. The molecule has 0 spiro atoms. The Morgan fingerprint density at radius 2 is 1.80 bits per heavy atom. The van der Waals surface area contributed by atoms with Gasteiger partial charge in [0.1, 0.15) is 18.1 Å². The lowest BCUT2D eigenvalue weighted by atomic mass is 10.1. The summed E-state index contributed by atoms with van der Waals surface area (Å²) in [4.78, 5) is 16.3. The van der Waals surface area contributed by atoms with E-state index in [1.54, 1.807) is 12.3 Å². The number of nitrogen functional groups attached to an aromatic ring is 1. The van der Waals surface area contributed by atoms with E-state index >= 15 is 0 Å². The Morgan fingerprint density at radius 3 is 2.27 bits per heavy atom. The molecule has 1 aromatic heterocycles. The first-order valence-electron chi connectivity index (χ1n) is 10.7. The van der Waals surface area contributed by atoms with E-state index in [1.165, 1.54) is 4.57 Å². The third-order valence-corrected chi connectivity index (χ3v) is 18.8. The quantitative estimate of drug-likeness (QED) is 0.653. The van der Waals surface area contributed by atoms with Gasteiger partial charge in [0.15, 0.2) is 8.32 Å². The zero-order chi connectivity index (χ0) is 23.3. The van der Waals surface area contributed by atoms with Gasteiger partial charge in [0.05, 0.1) is 19.9 Å². The lowest BCUT2D eigenvalue weighted by Crippen LogP contribution is -2.65. The second-order valence-electron chi connectivity index (χ2n) is 11.7. The predicted octanol–water partition coefficient (Wildman–Crippen LogP) is 3.91. The van der Waals surface area contributed by atoms with Crippen LogP contribution in [0, 0.1) is 0 Å². The van der Waals surface area contributed by atoms with Crippen LogP contribution in [0.3, 0.4) is 0 Å². The average molecular weight is 456 g/mol. The minimum atomic E-state index is -2.30. The summed E-state index contributed by atoms with van der Waals surface area (Å²) in [5, 5.41) is 11.0. The minimum Gasteiger partial charge on any atom is -0.414 e. The molecule has 30 heavy (non-hydrogen) atoms. The highest BCUT2D eigenvalue weighted by Gasteiger charge is 2.62. The first kappa shape index (κ1) is 25.3. The molecule has 9 heteroatoms. The van der Waals surface area contributed by atoms with Gasteiger partial charge in [-0.1, -0.05) is 54.6 Å². The van der Waals surface area contributed by atoms with Gasteiger partial charge in [0.2, 0.25) is 0 Å². The largest absolute Gasteiger partial charge is 0.414 e. The SMILES string of the molecule is CC(C)(C)[Si](C)(C)OC[C@H]1O[C@@H](n2ccc(N)nc2=O)C[C@@]1(O)[Si](C)(C)C(C)(C)C. The van der Waals surface area contributed by atoms with E-state index in [0.717, 1.165) is 0 Å². The van der Waals surface area contributed by atoms with Gasteiger partial charge in [-0.2, -0.15) is 4.98 Å². The number of ether oxygens (including phenoxy) is 1. The third kappa shape index (κ3) is 4.45. The minimum absolute atomic E-state index is 0.0535. The maximum atomic E-state index is 12.4. The van der Waals surface area contributed by atoms with Crippen LogP contribution in [0.15, 0.2) is 17.1 Å². The molecule has 0 saturated carbocycles. The van der Waals surface area contributed by atoms with Crippen LogP contribution in [0.25, 0.3) is 0 Å². The van der Waals surface area contributed by atoms with Crippen molar-refractivity contribution < 1.29 is 14.3 Å². The maximum Gasteiger partial charge on any atom is 0.351 e. The van der Waals surface area contributed by atoms with Crippen LogP contribution in [0.1, 0.15) is 54.2 Å². The van der Waals surface area contributed by atoms with E-state index in [1.807, 2.05) is 0 Å². The Balaban J connectivity index is 2.44. The van der Waals surface area contributed by atoms with Gasteiger partial charge < -0.3 is 20.0 Å². The number of aliphatic hydroxyl groups is 1. The number of nitrogens with two attached hydrogens (primary N) is 1. The monoisotopic (exact) mass is 455 g/mol. The molecule has 1 fully saturated rings. The average Bonchev–Trinajstić information content (AvgIpc) is 2.89. The first-order valence-corrected chi connectivity index (χ1v) is 16.6. The second-order valence-corrected chi connectivity index (χ2v) is 22.1. The van der Waals surface area contributed by atoms with Gasteiger partial charge in [-0.3, -0.25) is 4.57 Å². The predicted molar refractivity (Wildman–Crippen MR) is 127 cm³/mol. The number of rotatable bonds is 5. The zero-order valence-electron chi connectivity index (χ0n) is 20.4. The third-order valence-electron chi connectivity index (χ3n) is 7.86. The number of hydrogen-bond donors (Lipinski definition) is 2. The van der Waals surface area contributed by atoms with Gasteiger partial charge in [-0.25, -0.2) is 4.79 Å². The fraction of sp³-hybridized carbons (Fsp3) is 0.810. The van der Waals surface area contributed by atoms with Crippen molar-refractivity contribution in [1.29, 1.82) is 0 Å².